The van der Waals surface area contributed by atoms with Crippen molar-refractivity contribution in [3.8, 4) is 0 Å². The largest absolute Gasteiger partial charge is 0.353 e. The molecule has 2 rings (SSSR count). The van der Waals surface area contributed by atoms with Gasteiger partial charge in [0.25, 0.3) is 0 Å². The van der Waals surface area contributed by atoms with E-state index in [4.69, 9.17) is 9.47 Å². The monoisotopic (exact) mass is 238 g/mol. The summed E-state index contributed by atoms with van der Waals surface area (Å²) in [6.45, 7) is 10.8. The highest BCUT2D eigenvalue weighted by Crippen LogP contribution is 2.59. The molecule has 0 unspecified atom stereocenters. The zero-order valence-corrected chi connectivity index (χ0v) is 11.7. The van der Waals surface area contributed by atoms with Crippen molar-refractivity contribution in [2.75, 3.05) is 13.2 Å². The molecule has 0 radical (unpaired) electrons. The average molecular weight is 238 g/mol. The Labute approximate surface area is 105 Å². The van der Waals surface area contributed by atoms with Gasteiger partial charge >= 0.3 is 0 Å². The van der Waals surface area contributed by atoms with Crippen LogP contribution in [0.15, 0.2) is 11.6 Å². The van der Waals surface area contributed by atoms with E-state index in [1.54, 1.807) is 0 Å². The summed E-state index contributed by atoms with van der Waals surface area (Å²) < 4.78 is 11.5. The van der Waals surface area contributed by atoms with Crippen molar-refractivity contribution >= 4 is 0 Å². The second-order valence-corrected chi connectivity index (χ2v) is 6.33. The minimum absolute atomic E-state index is 0.0625. The highest BCUT2D eigenvalue weighted by atomic mass is 16.7. The van der Waals surface area contributed by atoms with Crippen LogP contribution in [0.2, 0.25) is 0 Å². The summed E-state index contributed by atoms with van der Waals surface area (Å²) in [5.41, 5.74) is 1.82. The van der Waals surface area contributed by atoms with Crippen LogP contribution >= 0.6 is 0 Å². The molecule has 98 valence electrons. The molecular formula is C15H26O2. The van der Waals surface area contributed by atoms with E-state index in [1.807, 2.05) is 0 Å². The van der Waals surface area contributed by atoms with Crippen LogP contribution in [0.3, 0.4) is 0 Å². The first-order valence-corrected chi connectivity index (χ1v) is 6.90. The molecule has 0 N–H and O–H groups in total. The first kappa shape index (κ1) is 13.1. The molecule has 3 atom stereocenters. The van der Waals surface area contributed by atoms with Crippen LogP contribution < -0.4 is 0 Å². The first-order valence-electron chi connectivity index (χ1n) is 6.90. The third kappa shape index (κ3) is 3.11. The Morgan fingerprint density at radius 3 is 2.71 bits per heavy atom. The van der Waals surface area contributed by atoms with Gasteiger partial charge in [-0.05, 0) is 50.4 Å². The van der Waals surface area contributed by atoms with E-state index in [2.05, 4.69) is 33.8 Å². The number of ether oxygens (including phenoxy) is 2. The van der Waals surface area contributed by atoms with Crippen molar-refractivity contribution in [3.05, 3.63) is 11.6 Å². The molecule has 2 heteroatoms. The van der Waals surface area contributed by atoms with Crippen molar-refractivity contribution in [1.29, 1.82) is 0 Å². The van der Waals surface area contributed by atoms with Crippen LogP contribution in [0.25, 0.3) is 0 Å². The van der Waals surface area contributed by atoms with Gasteiger partial charge in [0.15, 0.2) is 6.29 Å². The maximum Gasteiger partial charge on any atom is 0.157 e. The van der Waals surface area contributed by atoms with Crippen molar-refractivity contribution < 1.29 is 9.47 Å². The molecule has 0 aromatic carbocycles. The van der Waals surface area contributed by atoms with Gasteiger partial charge in [-0.1, -0.05) is 25.5 Å². The Morgan fingerprint density at radius 1 is 1.35 bits per heavy atom. The van der Waals surface area contributed by atoms with Crippen molar-refractivity contribution in [2.24, 2.45) is 17.3 Å². The van der Waals surface area contributed by atoms with Gasteiger partial charge in [0.05, 0.1) is 6.61 Å². The third-order valence-corrected chi connectivity index (χ3v) is 4.25. The van der Waals surface area contributed by atoms with Gasteiger partial charge in [0, 0.05) is 6.61 Å². The van der Waals surface area contributed by atoms with Gasteiger partial charge < -0.3 is 9.47 Å². The zero-order valence-electron chi connectivity index (χ0n) is 11.7. The molecule has 0 bridgehead atoms. The quantitative estimate of drug-likeness (QED) is 0.694. The summed E-state index contributed by atoms with van der Waals surface area (Å²) in [6.07, 6.45) is 5.97. The van der Waals surface area contributed by atoms with Gasteiger partial charge in [0.2, 0.25) is 0 Å². The fourth-order valence-corrected chi connectivity index (χ4v) is 2.85. The van der Waals surface area contributed by atoms with E-state index in [0.29, 0.717) is 17.3 Å². The van der Waals surface area contributed by atoms with Gasteiger partial charge in [-0.2, -0.15) is 0 Å². The lowest BCUT2D eigenvalue weighted by Gasteiger charge is -2.22. The second kappa shape index (κ2) is 5.11. The van der Waals surface area contributed by atoms with Crippen molar-refractivity contribution in [1.82, 2.24) is 0 Å². The zero-order chi connectivity index (χ0) is 12.5. The summed E-state index contributed by atoms with van der Waals surface area (Å²) >= 11 is 0. The Kier molecular flexibility index (Phi) is 3.94. The van der Waals surface area contributed by atoms with Crippen LogP contribution in [0.5, 0.6) is 0 Å². The average Bonchev–Trinajstić information content (AvgIpc) is 2.78. The molecule has 1 heterocycles. The van der Waals surface area contributed by atoms with Crippen LogP contribution in [0.4, 0.5) is 0 Å². The second-order valence-electron chi connectivity index (χ2n) is 6.33. The number of allylic oxidation sites excluding steroid dienone is 2. The highest BCUT2D eigenvalue weighted by Gasteiger charge is 2.56. The molecule has 0 aromatic rings. The van der Waals surface area contributed by atoms with Gasteiger partial charge in [-0.3, -0.25) is 0 Å². The van der Waals surface area contributed by atoms with Crippen LogP contribution in [-0.2, 0) is 9.47 Å². The summed E-state index contributed by atoms with van der Waals surface area (Å²) in [5, 5.41) is 0. The summed E-state index contributed by atoms with van der Waals surface area (Å²) in [7, 11) is 0. The minimum Gasteiger partial charge on any atom is -0.353 e. The molecule has 1 saturated carbocycles. The van der Waals surface area contributed by atoms with Gasteiger partial charge in [-0.15, -0.1) is 0 Å². The Hall–Kier alpha value is -0.340. The SMILES string of the molecule is CC(C)=C[C@@H]1[C@@H](CO[C@@H]2CCCCO2)C1(C)C. The Bertz CT molecular complexity index is 283. The number of rotatable bonds is 4. The maximum absolute atomic E-state index is 5.90. The van der Waals surface area contributed by atoms with E-state index in [1.165, 1.54) is 18.4 Å². The molecular weight excluding hydrogens is 212 g/mol. The minimum atomic E-state index is 0.0625. The normalized spacial score (nSPS) is 35.4. The van der Waals surface area contributed by atoms with Gasteiger partial charge in [-0.25, -0.2) is 0 Å². The molecule has 1 aliphatic heterocycles. The highest BCUT2D eigenvalue weighted by molar-refractivity contribution is 5.16. The Morgan fingerprint density at radius 2 is 2.12 bits per heavy atom. The topological polar surface area (TPSA) is 18.5 Å². The van der Waals surface area contributed by atoms with Crippen LogP contribution in [0, 0.1) is 17.3 Å². The smallest absolute Gasteiger partial charge is 0.157 e. The van der Waals surface area contributed by atoms with E-state index in [0.717, 1.165) is 19.6 Å². The Balaban J connectivity index is 1.78. The predicted octanol–water partition coefficient (Wildman–Crippen LogP) is 3.77. The lowest BCUT2D eigenvalue weighted by molar-refractivity contribution is -0.166. The van der Waals surface area contributed by atoms with Crippen molar-refractivity contribution in [3.63, 3.8) is 0 Å². The lowest BCUT2D eigenvalue weighted by atomic mass is 10.1. The fourth-order valence-electron chi connectivity index (χ4n) is 2.85. The van der Waals surface area contributed by atoms with E-state index >= 15 is 0 Å². The fraction of sp³-hybridized carbons (Fsp3) is 0.867. The molecule has 1 saturated heterocycles. The molecule has 1 aliphatic carbocycles. The third-order valence-electron chi connectivity index (χ3n) is 4.25. The lowest BCUT2D eigenvalue weighted by Crippen LogP contribution is -2.23. The maximum atomic E-state index is 5.90. The molecule has 0 aromatic heterocycles. The summed E-state index contributed by atoms with van der Waals surface area (Å²) in [5.74, 6) is 1.36. The predicted molar refractivity (Wildman–Crippen MR) is 69.7 cm³/mol. The van der Waals surface area contributed by atoms with Gasteiger partial charge in [0.1, 0.15) is 0 Å². The van der Waals surface area contributed by atoms with Crippen LogP contribution in [-0.4, -0.2) is 19.5 Å². The van der Waals surface area contributed by atoms with E-state index in [9.17, 15) is 0 Å². The first-order chi connectivity index (χ1) is 8.01. The van der Waals surface area contributed by atoms with E-state index in [-0.39, 0.29) is 6.29 Å². The summed E-state index contributed by atoms with van der Waals surface area (Å²) in [6, 6.07) is 0. The molecule has 2 fully saturated rings. The number of hydrogen-bond acceptors (Lipinski definition) is 2. The molecule has 17 heavy (non-hydrogen) atoms. The van der Waals surface area contributed by atoms with E-state index < -0.39 is 0 Å². The number of hydrogen-bond donors (Lipinski definition) is 0. The molecule has 2 nitrogen and oxygen atoms in total. The molecule has 0 amide bonds. The van der Waals surface area contributed by atoms with Crippen molar-refractivity contribution in [2.45, 2.75) is 53.2 Å². The standard InChI is InChI=1S/C15H26O2/c1-11(2)9-12-13(15(12,3)4)10-17-14-7-5-6-8-16-14/h9,12-14H,5-8,10H2,1-4H3/t12-,13-,14-/m1/s1. The summed E-state index contributed by atoms with van der Waals surface area (Å²) in [4.78, 5) is 0. The molecule has 2 aliphatic rings. The molecule has 0 spiro atoms. The van der Waals surface area contributed by atoms with Crippen LogP contribution in [0.1, 0.15) is 47.0 Å².